The van der Waals surface area contributed by atoms with Gasteiger partial charge in [0.25, 0.3) is 0 Å². The Morgan fingerprint density at radius 2 is 1.86 bits per heavy atom. The molecule has 0 aromatic heterocycles. The van der Waals surface area contributed by atoms with E-state index < -0.39 is 0 Å². The fourth-order valence-corrected chi connectivity index (χ4v) is 2.80. The van der Waals surface area contributed by atoms with Crippen LogP contribution in [0.4, 0.5) is 5.69 Å². The van der Waals surface area contributed by atoms with E-state index in [-0.39, 0.29) is 5.75 Å². The van der Waals surface area contributed by atoms with Gasteiger partial charge in [-0.3, -0.25) is 0 Å². The molecule has 0 bridgehead atoms. The highest BCUT2D eigenvalue weighted by Crippen LogP contribution is 2.29. The average molecular weight is 333 g/mol. The number of nitrogens with zero attached hydrogens (tertiary/aromatic N) is 1. The first-order chi connectivity index (χ1) is 10.6. The summed E-state index contributed by atoms with van der Waals surface area (Å²) in [4.78, 5) is 1.94. The fraction of sp³-hybridized carbons (Fsp3) is 0.235. The highest BCUT2D eigenvalue weighted by molar-refractivity contribution is 7.80. The second kappa shape index (κ2) is 6.55. The molecule has 2 N–H and O–H groups in total. The Morgan fingerprint density at radius 1 is 1.18 bits per heavy atom. The van der Waals surface area contributed by atoms with Crippen molar-refractivity contribution in [3.05, 3.63) is 59.1 Å². The van der Waals surface area contributed by atoms with Crippen LogP contribution in [-0.2, 0) is 6.54 Å². The lowest BCUT2D eigenvalue weighted by Crippen LogP contribution is -2.40. The van der Waals surface area contributed by atoms with Crippen molar-refractivity contribution in [2.75, 3.05) is 4.90 Å². The third-order valence-corrected chi connectivity index (χ3v) is 4.27. The predicted molar refractivity (Wildman–Crippen MR) is 94.5 cm³/mol. The normalized spacial score (nSPS) is 13.7. The zero-order chi connectivity index (χ0) is 15.5. The van der Waals surface area contributed by atoms with Gasteiger partial charge in [-0.25, -0.2) is 0 Å². The number of benzene rings is 2. The van der Waals surface area contributed by atoms with Gasteiger partial charge in [-0.2, -0.15) is 0 Å². The van der Waals surface area contributed by atoms with Crippen molar-refractivity contribution < 1.29 is 5.11 Å². The van der Waals surface area contributed by atoms with Crippen LogP contribution >= 0.6 is 23.8 Å². The number of rotatable bonds is 4. The lowest BCUT2D eigenvalue weighted by Gasteiger charge is -2.27. The minimum atomic E-state index is 0.258. The van der Waals surface area contributed by atoms with Crippen LogP contribution in [0.3, 0.4) is 0 Å². The van der Waals surface area contributed by atoms with Crippen LogP contribution in [0.1, 0.15) is 18.4 Å². The van der Waals surface area contributed by atoms with Crippen LogP contribution in [0.15, 0.2) is 48.5 Å². The summed E-state index contributed by atoms with van der Waals surface area (Å²) < 4.78 is 0. The van der Waals surface area contributed by atoms with Crippen molar-refractivity contribution in [3.8, 4) is 5.75 Å². The summed E-state index contributed by atoms with van der Waals surface area (Å²) in [6, 6.07) is 15.3. The zero-order valence-corrected chi connectivity index (χ0v) is 13.6. The van der Waals surface area contributed by atoms with Gasteiger partial charge in [-0.15, -0.1) is 0 Å². The summed E-state index contributed by atoms with van der Waals surface area (Å²) in [5.41, 5.74) is 1.65. The molecule has 0 amide bonds. The van der Waals surface area contributed by atoms with Crippen molar-refractivity contribution in [2.24, 2.45) is 0 Å². The Hall–Kier alpha value is -1.78. The Labute approximate surface area is 140 Å². The molecular weight excluding hydrogens is 316 g/mol. The van der Waals surface area contributed by atoms with Crippen LogP contribution in [0.2, 0.25) is 5.02 Å². The van der Waals surface area contributed by atoms with Gasteiger partial charge in [0.15, 0.2) is 5.11 Å². The molecule has 0 aliphatic heterocycles. The first kappa shape index (κ1) is 15.1. The molecule has 0 unspecified atom stereocenters. The molecule has 5 heteroatoms. The van der Waals surface area contributed by atoms with Crippen LogP contribution in [0, 0.1) is 0 Å². The highest BCUT2D eigenvalue weighted by Gasteiger charge is 2.25. The van der Waals surface area contributed by atoms with Gasteiger partial charge >= 0.3 is 0 Å². The van der Waals surface area contributed by atoms with Crippen LogP contribution in [0.25, 0.3) is 0 Å². The summed E-state index contributed by atoms with van der Waals surface area (Å²) in [6.07, 6.45) is 2.29. The monoisotopic (exact) mass is 332 g/mol. The van der Waals surface area contributed by atoms with E-state index >= 15 is 0 Å². The molecular formula is C17H17ClN2OS. The second-order valence-electron chi connectivity index (χ2n) is 5.39. The number of phenolic OH excluding ortho intramolecular Hbond substituents is 1. The smallest absolute Gasteiger partial charge is 0.174 e. The molecule has 2 aromatic carbocycles. The van der Waals surface area contributed by atoms with E-state index in [1.54, 1.807) is 12.1 Å². The largest absolute Gasteiger partial charge is 0.508 e. The minimum absolute atomic E-state index is 0.258. The van der Waals surface area contributed by atoms with Gasteiger partial charge in [-0.05, 0) is 43.3 Å². The number of nitrogens with one attached hydrogen (secondary N) is 1. The summed E-state index contributed by atoms with van der Waals surface area (Å²) in [5.74, 6) is 0.258. The number of thiocarbonyl (C=S) groups is 1. The predicted octanol–water partition coefficient (Wildman–Crippen LogP) is 4.09. The van der Waals surface area contributed by atoms with Gasteiger partial charge in [0, 0.05) is 11.6 Å². The number of hydrogen-bond donors (Lipinski definition) is 2. The quantitative estimate of drug-likeness (QED) is 0.827. The van der Waals surface area contributed by atoms with Crippen molar-refractivity contribution >= 4 is 34.6 Å². The van der Waals surface area contributed by atoms with Gasteiger partial charge in [0.05, 0.1) is 17.3 Å². The molecule has 2 aromatic rings. The van der Waals surface area contributed by atoms with Gasteiger partial charge < -0.3 is 15.3 Å². The lowest BCUT2D eigenvalue weighted by molar-refractivity contribution is 0.468. The van der Waals surface area contributed by atoms with Crippen molar-refractivity contribution in [1.82, 2.24) is 5.32 Å². The number of halogens is 1. The van der Waals surface area contributed by atoms with E-state index in [0.717, 1.165) is 24.1 Å². The Morgan fingerprint density at radius 3 is 2.55 bits per heavy atom. The van der Waals surface area contributed by atoms with Gasteiger partial charge in [-0.1, -0.05) is 41.9 Å². The molecule has 1 saturated carbocycles. The molecule has 0 saturated heterocycles. The van der Waals surface area contributed by atoms with Gasteiger partial charge in [0.2, 0.25) is 0 Å². The summed E-state index contributed by atoms with van der Waals surface area (Å²) in [5, 5.41) is 14.6. The molecule has 3 rings (SSSR count). The molecule has 0 atom stereocenters. The third-order valence-electron chi connectivity index (χ3n) is 3.61. The van der Waals surface area contributed by atoms with Gasteiger partial charge in [0.1, 0.15) is 5.75 Å². The highest BCUT2D eigenvalue weighted by atomic mass is 35.5. The van der Waals surface area contributed by atoms with Crippen LogP contribution < -0.4 is 10.2 Å². The summed E-state index contributed by atoms with van der Waals surface area (Å²) in [6.45, 7) is 0.467. The SMILES string of the molecule is Oc1ccccc1CN(C(=S)NC1CC1)c1ccccc1Cl. The van der Waals surface area contributed by atoms with E-state index in [0.29, 0.717) is 22.7 Å². The maximum Gasteiger partial charge on any atom is 0.174 e. The summed E-state index contributed by atoms with van der Waals surface area (Å²) in [7, 11) is 0. The van der Waals surface area contributed by atoms with E-state index in [4.69, 9.17) is 23.8 Å². The average Bonchev–Trinajstić information content (AvgIpc) is 3.31. The Balaban J connectivity index is 1.90. The molecule has 1 aliphatic carbocycles. The third kappa shape index (κ3) is 3.51. The number of hydrogen-bond acceptors (Lipinski definition) is 2. The van der Waals surface area contributed by atoms with E-state index in [1.165, 1.54) is 0 Å². The van der Waals surface area contributed by atoms with Crippen LogP contribution in [0.5, 0.6) is 5.75 Å². The van der Waals surface area contributed by atoms with Crippen molar-refractivity contribution in [1.29, 1.82) is 0 Å². The minimum Gasteiger partial charge on any atom is -0.508 e. The molecule has 3 nitrogen and oxygen atoms in total. The van der Waals surface area contributed by atoms with E-state index in [2.05, 4.69) is 5.32 Å². The van der Waals surface area contributed by atoms with E-state index in [9.17, 15) is 5.11 Å². The lowest BCUT2D eigenvalue weighted by atomic mass is 10.2. The summed E-state index contributed by atoms with van der Waals surface area (Å²) >= 11 is 11.9. The maximum atomic E-state index is 10.0. The number of aromatic hydroxyl groups is 1. The fourth-order valence-electron chi connectivity index (χ4n) is 2.23. The Kier molecular flexibility index (Phi) is 4.50. The standard InChI is InChI=1S/C17H17ClN2OS/c18-14-6-2-3-7-15(14)20(17(22)19-13-9-10-13)11-12-5-1-4-8-16(12)21/h1-8,13,21H,9-11H2,(H,19,22). The van der Waals surface area contributed by atoms with Crippen molar-refractivity contribution in [2.45, 2.75) is 25.4 Å². The Bertz CT molecular complexity index is 688. The molecule has 1 aliphatic rings. The molecule has 0 spiro atoms. The first-order valence-electron chi connectivity index (χ1n) is 7.24. The number of para-hydroxylation sites is 2. The van der Waals surface area contributed by atoms with E-state index in [1.807, 2.05) is 41.3 Å². The second-order valence-corrected chi connectivity index (χ2v) is 6.18. The molecule has 22 heavy (non-hydrogen) atoms. The topological polar surface area (TPSA) is 35.5 Å². The molecule has 0 radical (unpaired) electrons. The maximum absolute atomic E-state index is 10.0. The first-order valence-corrected chi connectivity index (χ1v) is 8.03. The van der Waals surface area contributed by atoms with Crippen LogP contribution in [-0.4, -0.2) is 16.3 Å². The zero-order valence-electron chi connectivity index (χ0n) is 12.0. The molecule has 114 valence electrons. The molecule has 1 fully saturated rings. The number of phenols is 1. The molecule has 0 heterocycles. The van der Waals surface area contributed by atoms with Crippen molar-refractivity contribution in [3.63, 3.8) is 0 Å². The number of anilines is 1.